The van der Waals surface area contributed by atoms with Crippen molar-refractivity contribution in [3.05, 3.63) is 17.7 Å². The highest BCUT2D eigenvalue weighted by molar-refractivity contribution is 6.28. The fraction of sp³-hybridized carbons (Fsp3) is 0.500. The number of nitrogens with one attached hydrogen (secondary N) is 1. The molecule has 1 fully saturated rings. The number of piperazine rings is 1. The number of likely N-dealkylation sites (N-methyl/N-ethyl adjacent to an activating group) is 1. The molecule has 1 aliphatic rings. The molecule has 1 aliphatic heterocycles. The predicted molar refractivity (Wildman–Crippen MR) is 81.0 cm³/mol. The average Bonchev–Trinajstić information content (AvgIpc) is 2.86. The van der Waals surface area contributed by atoms with Gasteiger partial charge in [-0.1, -0.05) is 5.21 Å². The molecule has 3 heterocycles. The van der Waals surface area contributed by atoms with E-state index in [2.05, 4.69) is 42.4 Å². The number of anilines is 3. The van der Waals surface area contributed by atoms with Crippen LogP contribution in [0.5, 0.6) is 0 Å². The smallest absolute Gasteiger partial charge is 0.224 e. The van der Waals surface area contributed by atoms with Crippen molar-refractivity contribution in [2.45, 2.75) is 0 Å². The predicted octanol–water partition coefficient (Wildman–Crippen LogP) is 0.754. The van der Waals surface area contributed by atoms with Gasteiger partial charge in [0.1, 0.15) is 0 Å². The Hall–Kier alpha value is -1.93. The number of hydrogen-bond acceptors (Lipinski definition) is 7. The number of rotatable bonds is 3. The van der Waals surface area contributed by atoms with Crippen LogP contribution < -0.4 is 10.2 Å². The van der Waals surface area contributed by atoms with Crippen molar-refractivity contribution < 1.29 is 0 Å². The van der Waals surface area contributed by atoms with Crippen LogP contribution in [0.3, 0.4) is 0 Å². The summed E-state index contributed by atoms with van der Waals surface area (Å²) in [5.41, 5.74) is 0.929. The van der Waals surface area contributed by atoms with Crippen LogP contribution in [0.1, 0.15) is 0 Å². The third kappa shape index (κ3) is 3.22. The molecule has 0 aromatic carbocycles. The molecule has 8 nitrogen and oxygen atoms in total. The minimum absolute atomic E-state index is 0.208. The largest absolute Gasteiger partial charge is 0.365 e. The first-order chi connectivity index (χ1) is 10.1. The van der Waals surface area contributed by atoms with Crippen LogP contribution in [0.4, 0.5) is 17.3 Å². The van der Waals surface area contributed by atoms with E-state index in [1.54, 1.807) is 17.1 Å². The van der Waals surface area contributed by atoms with Gasteiger partial charge in [-0.3, -0.25) is 4.68 Å². The van der Waals surface area contributed by atoms with Crippen molar-refractivity contribution >= 4 is 28.9 Å². The molecule has 21 heavy (non-hydrogen) atoms. The number of halogens is 1. The Morgan fingerprint density at radius 3 is 2.62 bits per heavy atom. The van der Waals surface area contributed by atoms with Gasteiger partial charge in [0.2, 0.25) is 5.28 Å². The fourth-order valence-corrected chi connectivity index (χ4v) is 2.38. The first kappa shape index (κ1) is 14.0. The van der Waals surface area contributed by atoms with Gasteiger partial charge in [-0.05, 0) is 18.6 Å². The summed E-state index contributed by atoms with van der Waals surface area (Å²) in [6, 6.07) is 0. The van der Waals surface area contributed by atoms with Crippen molar-refractivity contribution in [2.75, 3.05) is 43.4 Å². The van der Waals surface area contributed by atoms with Crippen LogP contribution in [0.25, 0.3) is 0 Å². The summed E-state index contributed by atoms with van der Waals surface area (Å²) in [5, 5.41) is 11.3. The van der Waals surface area contributed by atoms with Gasteiger partial charge in [-0.15, -0.1) is 5.10 Å². The lowest BCUT2D eigenvalue weighted by molar-refractivity contribution is 0.313. The Morgan fingerprint density at radius 1 is 1.19 bits per heavy atom. The zero-order valence-corrected chi connectivity index (χ0v) is 12.7. The van der Waals surface area contributed by atoms with E-state index in [4.69, 9.17) is 11.6 Å². The third-order valence-electron chi connectivity index (χ3n) is 3.43. The van der Waals surface area contributed by atoms with Crippen molar-refractivity contribution in [1.29, 1.82) is 0 Å². The third-order valence-corrected chi connectivity index (χ3v) is 3.62. The van der Waals surface area contributed by atoms with Crippen LogP contribution in [0.15, 0.2) is 12.4 Å². The maximum atomic E-state index is 5.92. The van der Waals surface area contributed by atoms with E-state index >= 15 is 0 Å². The lowest BCUT2D eigenvalue weighted by Crippen LogP contribution is -2.44. The summed E-state index contributed by atoms with van der Waals surface area (Å²) < 4.78 is 1.63. The second kappa shape index (κ2) is 5.82. The second-order valence-electron chi connectivity index (χ2n) is 5.07. The summed E-state index contributed by atoms with van der Waals surface area (Å²) in [6.45, 7) is 3.87. The minimum atomic E-state index is 0.208. The van der Waals surface area contributed by atoms with Crippen LogP contribution in [-0.4, -0.2) is 63.1 Å². The van der Waals surface area contributed by atoms with Crippen LogP contribution in [0, 0.1) is 0 Å². The average molecular weight is 309 g/mol. The van der Waals surface area contributed by atoms with Gasteiger partial charge >= 0.3 is 0 Å². The van der Waals surface area contributed by atoms with E-state index in [9.17, 15) is 0 Å². The maximum absolute atomic E-state index is 5.92. The zero-order chi connectivity index (χ0) is 14.8. The number of aryl methyl sites for hydroxylation is 1. The first-order valence-corrected chi connectivity index (χ1v) is 7.09. The summed E-state index contributed by atoms with van der Waals surface area (Å²) in [7, 11) is 3.93. The topological polar surface area (TPSA) is 75.0 Å². The van der Waals surface area contributed by atoms with Gasteiger partial charge in [0.05, 0.1) is 18.1 Å². The Morgan fingerprint density at radius 2 is 1.95 bits per heavy atom. The molecule has 1 N–H and O–H groups in total. The molecule has 2 aromatic rings. The lowest BCUT2D eigenvalue weighted by atomic mass is 10.3. The highest BCUT2D eigenvalue weighted by Gasteiger charge is 2.19. The van der Waals surface area contributed by atoms with E-state index < -0.39 is 0 Å². The molecule has 0 aliphatic carbocycles. The molecule has 3 rings (SSSR count). The van der Waals surface area contributed by atoms with Gasteiger partial charge in [-0.25, -0.2) is 4.98 Å². The van der Waals surface area contributed by atoms with Crippen molar-refractivity contribution in [1.82, 2.24) is 29.9 Å². The van der Waals surface area contributed by atoms with Gasteiger partial charge in [0.25, 0.3) is 0 Å². The fourth-order valence-electron chi connectivity index (χ4n) is 2.25. The molecule has 9 heteroatoms. The van der Waals surface area contributed by atoms with Crippen LogP contribution in [-0.2, 0) is 7.05 Å². The molecule has 0 atom stereocenters. The molecule has 2 aromatic heterocycles. The minimum Gasteiger partial charge on any atom is -0.365 e. The Balaban J connectivity index is 1.86. The van der Waals surface area contributed by atoms with Crippen LogP contribution in [0.2, 0.25) is 5.28 Å². The Kier molecular flexibility index (Phi) is 3.89. The number of hydrogen-bond donors (Lipinski definition) is 1. The van der Waals surface area contributed by atoms with Crippen molar-refractivity contribution in [3.63, 3.8) is 0 Å². The lowest BCUT2D eigenvalue weighted by Gasteiger charge is -2.34. The molecule has 0 radical (unpaired) electrons. The van der Waals surface area contributed by atoms with Crippen molar-refractivity contribution in [3.8, 4) is 0 Å². The van der Waals surface area contributed by atoms with Gasteiger partial charge in [0, 0.05) is 33.2 Å². The summed E-state index contributed by atoms with van der Waals surface area (Å²) in [4.78, 5) is 12.9. The maximum Gasteiger partial charge on any atom is 0.224 e. The molecule has 0 unspecified atom stereocenters. The molecule has 0 saturated carbocycles. The van der Waals surface area contributed by atoms with Crippen molar-refractivity contribution in [2.24, 2.45) is 7.05 Å². The standard InChI is InChI=1S/C12H17ClN8/c1-19-3-5-21(6-4-19)9-7-14-12(13)16-11(9)15-10-8-20(2)18-17-10/h7-8H,3-6H2,1-2H3,(H,14,15,16). The second-order valence-corrected chi connectivity index (χ2v) is 5.40. The molecular weight excluding hydrogens is 292 g/mol. The molecule has 112 valence electrons. The number of aromatic nitrogens is 5. The Labute approximate surface area is 127 Å². The molecular formula is C12H17ClN8. The van der Waals surface area contributed by atoms with E-state index in [0.29, 0.717) is 11.6 Å². The van der Waals surface area contributed by atoms with Gasteiger partial charge < -0.3 is 15.1 Å². The highest BCUT2D eigenvalue weighted by atomic mass is 35.5. The molecule has 1 saturated heterocycles. The summed E-state index contributed by atoms with van der Waals surface area (Å²) in [6.07, 6.45) is 3.53. The SMILES string of the molecule is CN1CCN(c2cnc(Cl)nc2Nc2cn(C)nn2)CC1. The summed E-state index contributed by atoms with van der Waals surface area (Å²) >= 11 is 5.92. The summed E-state index contributed by atoms with van der Waals surface area (Å²) in [5.74, 6) is 1.28. The molecule has 0 spiro atoms. The normalized spacial score (nSPS) is 16.2. The van der Waals surface area contributed by atoms with E-state index in [-0.39, 0.29) is 5.28 Å². The molecule has 0 amide bonds. The first-order valence-electron chi connectivity index (χ1n) is 6.71. The monoisotopic (exact) mass is 308 g/mol. The molecule has 0 bridgehead atoms. The van der Waals surface area contributed by atoms with E-state index in [0.717, 1.165) is 31.9 Å². The zero-order valence-electron chi connectivity index (χ0n) is 12.0. The number of nitrogens with zero attached hydrogens (tertiary/aromatic N) is 7. The van der Waals surface area contributed by atoms with E-state index in [1.807, 2.05) is 7.05 Å². The highest BCUT2D eigenvalue weighted by Crippen LogP contribution is 2.27. The van der Waals surface area contributed by atoms with E-state index in [1.165, 1.54) is 0 Å². The Bertz CT molecular complexity index is 619. The quantitative estimate of drug-likeness (QED) is 0.839. The van der Waals surface area contributed by atoms with Gasteiger partial charge in [0.15, 0.2) is 11.6 Å². The van der Waals surface area contributed by atoms with Gasteiger partial charge in [-0.2, -0.15) is 4.98 Å². The van der Waals surface area contributed by atoms with Crippen LogP contribution >= 0.6 is 11.6 Å².